The molecule has 1 aliphatic carbocycles. The number of carbonyl (C=O) groups excluding carboxylic acids is 1. The number of hydrogen-bond donors (Lipinski definition) is 2. The van der Waals surface area contributed by atoms with E-state index in [2.05, 4.69) is 32.7 Å². The molecule has 2 fully saturated rings. The van der Waals surface area contributed by atoms with Crippen LogP contribution < -0.4 is 15.1 Å². The number of rotatable bonds is 7. The fourth-order valence-corrected chi connectivity index (χ4v) is 6.28. The molecule has 14 heteroatoms. The number of halogens is 5. The maximum absolute atomic E-state index is 13.5. The Morgan fingerprint density at radius 3 is 2.84 bits per heavy atom. The first-order valence-corrected chi connectivity index (χ1v) is 13.6. The quantitative estimate of drug-likeness (QED) is 0.246. The molecular formula is C24H24F5N7OSe. The Morgan fingerprint density at radius 1 is 1.34 bits per heavy atom. The van der Waals surface area contributed by atoms with E-state index >= 15 is 0 Å². The van der Waals surface area contributed by atoms with Gasteiger partial charge in [-0.1, -0.05) is 0 Å². The number of fused-ring (bicyclic) bond motifs is 2. The Balaban J connectivity index is 1.36. The van der Waals surface area contributed by atoms with Gasteiger partial charge in [0, 0.05) is 0 Å². The second-order valence-electron chi connectivity index (χ2n) is 9.40. The SMILES string of the molecule is Cn1cc(C(=O)NCC#Cc2nn3c(NC45CCN(CC(F)F)CC4C5)cccc3c2[Se]C(F)(F)F)cn1. The number of piperidine rings is 1. The number of likely N-dealkylation sites (tertiary alicyclic amines) is 1. The van der Waals surface area contributed by atoms with Crippen LogP contribution in [0.15, 0.2) is 30.6 Å². The van der Waals surface area contributed by atoms with Crippen LogP contribution >= 0.6 is 0 Å². The summed E-state index contributed by atoms with van der Waals surface area (Å²) in [5.41, 5.74) is 0.372. The molecule has 2 aliphatic rings. The van der Waals surface area contributed by atoms with Crippen molar-refractivity contribution in [2.24, 2.45) is 13.0 Å². The summed E-state index contributed by atoms with van der Waals surface area (Å²) < 4.78 is 68.9. The van der Waals surface area contributed by atoms with Crippen LogP contribution in [-0.4, -0.2) is 88.4 Å². The number of anilines is 1. The van der Waals surface area contributed by atoms with E-state index < -0.39 is 32.4 Å². The summed E-state index contributed by atoms with van der Waals surface area (Å²) in [5.74, 6) is 5.73. The zero-order valence-electron chi connectivity index (χ0n) is 20.2. The van der Waals surface area contributed by atoms with Gasteiger partial charge in [0.25, 0.3) is 0 Å². The van der Waals surface area contributed by atoms with E-state index in [1.807, 2.05) is 0 Å². The van der Waals surface area contributed by atoms with Crippen molar-refractivity contribution in [3.8, 4) is 11.8 Å². The zero-order chi connectivity index (χ0) is 27.1. The second kappa shape index (κ2) is 10.2. The second-order valence-corrected chi connectivity index (χ2v) is 11.7. The Labute approximate surface area is 221 Å². The van der Waals surface area contributed by atoms with Crippen molar-refractivity contribution >= 4 is 36.7 Å². The molecule has 202 valence electrons. The van der Waals surface area contributed by atoms with E-state index in [0.29, 0.717) is 36.4 Å². The molecule has 5 rings (SSSR count). The van der Waals surface area contributed by atoms with Gasteiger partial charge in [-0.3, -0.25) is 0 Å². The number of aryl methyl sites for hydroxylation is 1. The van der Waals surface area contributed by atoms with Crippen LogP contribution in [0.2, 0.25) is 0 Å². The number of aromatic nitrogens is 4. The zero-order valence-corrected chi connectivity index (χ0v) is 21.9. The molecular weight excluding hydrogens is 576 g/mol. The van der Waals surface area contributed by atoms with Gasteiger partial charge in [0.15, 0.2) is 0 Å². The van der Waals surface area contributed by atoms with Gasteiger partial charge in [0.05, 0.1) is 0 Å². The predicted molar refractivity (Wildman–Crippen MR) is 131 cm³/mol. The van der Waals surface area contributed by atoms with Gasteiger partial charge < -0.3 is 0 Å². The molecule has 1 aliphatic heterocycles. The van der Waals surface area contributed by atoms with Crippen LogP contribution in [0.4, 0.5) is 27.8 Å². The van der Waals surface area contributed by atoms with Crippen LogP contribution in [0.1, 0.15) is 28.9 Å². The molecule has 38 heavy (non-hydrogen) atoms. The number of carbonyl (C=O) groups is 1. The molecule has 1 amide bonds. The summed E-state index contributed by atoms with van der Waals surface area (Å²) >= 11 is -1.89. The Morgan fingerprint density at radius 2 is 2.16 bits per heavy atom. The average molecular weight is 600 g/mol. The molecule has 2 atom stereocenters. The number of nitrogens with one attached hydrogen (secondary N) is 2. The molecule has 0 aromatic carbocycles. The fourth-order valence-electron chi connectivity index (χ4n) is 4.85. The molecule has 8 nitrogen and oxygen atoms in total. The van der Waals surface area contributed by atoms with Gasteiger partial charge in [-0.15, -0.1) is 0 Å². The standard InChI is InChI=1S/C24H24F5N7OSe/c1-34-12-15(11-31-34)22(37)30-8-3-4-17-21(38-24(27,28)29)18-5-2-6-20(36(18)33-17)32-23-7-9-35(14-19(25)26)13-16(23)10-23/h2,5-6,11-12,16,19,32H,7-10,13-14H2,1H3,(H,30,37). The molecule has 0 radical (unpaired) electrons. The first-order chi connectivity index (χ1) is 18.0. The van der Waals surface area contributed by atoms with Gasteiger partial charge in [0.2, 0.25) is 0 Å². The predicted octanol–water partition coefficient (Wildman–Crippen LogP) is 1.84. The van der Waals surface area contributed by atoms with Gasteiger partial charge in [-0.25, -0.2) is 0 Å². The van der Waals surface area contributed by atoms with Crippen molar-refractivity contribution in [1.82, 2.24) is 29.6 Å². The van der Waals surface area contributed by atoms with Crippen LogP contribution in [0, 0.1) is 17.8 Å². The third-order valence-electron chi connectivity index (χ3n) is 6.70. The Kier molecular flexibility index (Phi) is 7.11. The summed E-state index contributed by atoms with van der Waals surface area (Å²) in [5, 5.41) is 9.96. The van der Waals surface area contributed by atoms with Crippen LogP contribution in [-0.2, 0) is 7.05 Å². The first-order valence-electron chi connectivity index (χ1n) is 11.8. The summed E-state index contributed by atoms with van der Waals surface area (Å²) in [4.78, 5) is 13.9. The van der Waals surface area contributed by atoms with E-state index in [0.717, 1.165) is 6.42 Å². The van der Waals surface area contributed by atoms with Gasteiger partial charge >= 0.3 is 221 Å². The number of amides is 1. The normalized spacial score (nSPS) is 21.2. The number of alkyl halides is 5. The summed E-state index contributed by atoms with van der Waals surface area (Å²) in [6.07, 6.45) is 2.01. The fraction of sp³-hybridized carbons (Fsp3) is 0.458. The Bertz CT molecular complexity index is 1410. The van der Waals surface area contributed by atoms with E-state index in [9.17, 15) is 26.7 Å². The molecule has 2 unspecified atom stereocenters. The molecule has 0 bridgehead atoms. The molecule has 2 N–H and O–H groups in total. The third-order valence-corrected chi connectivity index (χ3v) is 8.46. The van der Waals surface area contributed by atoms with Crippen molar-refractivity contribution in [3.05, 3.63) is 41.9 Å². The third kappa shape index (κ3) is 5.80. The number of hydrogen-bond acceptors (Lipinski definition) is 5. The molecule has 1 saturated heterocycles. The summed E-state index contributed by atoms with van der Waals surface area (Å²) in [7, 11) is 1.67. The molecule has 3 aromatic heterocycles. The van der Waals surface area contributed by atoms with Crippen molar-refractivity contribution in [2.75, 3.05) is 31.5 Å². The molecule has 0 spiro atoms. The van der Waals surface area contributed by atoms with Gasteiger partial charge in [-0.2, -0.15) is 0 Å². The molecule has 4 heterocycles. The van der Waals surface area contributed by atoms with Crippen LogP contribution in [0.5, 0.6) is 0 Å². The van der Waals surface area contributed by atoms with Crippen molar-refractivity contribution in [2.45, 2.75) is 29.9 Å². The van der Waals surface area contributed by atoms with Crippen molar-refractivity contribution in [1.29, 1.82) is 0 Å². The number of nitrogens with zero attached hydrogens (tertiary/aromatic N) is 5. The van der Waals surface area contributed by atoms with E-state index in [1.165, 1.54) is 21.6 Å². The van der Waals surface area contributed by atoms with E-state index in [1.54, 1.807) is 30.1 Å². The first kappa shape index (κ1) is 26.5. The Hall–Kier alpha value is -3.14. The summed E-state index contributed by atoms with van der Waals surface area (Å²) in [6.45, 7) is 0.739. The average Bonchev–Trinajstić information content (AvgIpc) is 3.16. The number of pyridine rings is 1. The summed E-state index contributed by atoms with van der Waals surface area (Å²) in [6, 6.07) is 4.98. The van der Waals surface area contributed by atoms with Gasteiger partial charge in [0.1, 0.15) is 0 Å². The minimum atomic E-state index is -4.41. The van der Waals surface area contributed by atoms with Crippen molar-refractivity contribution < 1.29 is 26.7 Å². The van der Waals surface area contributed by atoms with E-state index in [-0.39, 0.29) is 34.7 Å². The molecule has 1 saturated carbocycles. The van der Waals surface area contributed by atoms with Gasteiger partial charge in [-0.05, 0) is 0 Å². The minimum absolute atomic E-state index is 0.00352. The maximum atomic E-state index is 13.5. The van der Waals surface area contributed by atoms with Crippen LogP contribution in [0.25, 0.3) is 5.52 Å². The van der Waals surface area contributed by atoms with Crippen molar-refractivity contribution in [3.63, 3.8) is 0 Å². The molecule has 3 aromatic rings. The monoisotopic (exact) mass is 601 g/mol. The van der Waals surface area contributed by atoms with E-state index in [4.69, 9.17) is 0 Å². The van der Waals surface area contributed by atoms with Crippen LogP contribution in [0.3, 0.4) is 0 Å². The topological polar surface area (TPSA) is 79.5 Å².